The van der Waals surface area contributed by atoms with Gasteiger partial charge in [0, 0.05) is 23.2 Å². The minimum Gasteiger partial charge on any atom is -0.486 e. The maximum atomic E-state index is 12.3. The Balaban J connectivity index is 1.48. The Morgan fingerprint density at radius 3 is 2.54 bits per heavy atom. The molecular formula is C19H17ClN4O3S. The molecule has 0 unspecified atom stereocenters. The lowest BCUT2D eigenvalue weighted by molar-refractivity contribution is -0.114. The van der Waals surface area contributed by atoms with Crippen LogP contribution < -0.4 is 10.1 Å². The Bertz CT molecular complexity index is 958. The van der Waals surface area contributed by atoms with Crippen LogP contribution in [0.25, 0.3) is 0 Å². The van der Waals surface area contributed by atoms with E-state index in [0.717, 1.165) is 0 Å². The number of rotatable bonds is 8. The molecule has 1 aromatic heterocycles. The fourth-order valence-electron chi connectivity index (χ4n) is 2.25. The SMILES string of the molecule is CC(=O)Nc1ccc(C(=O)CSc2n[nH]c(COc3ccc(Cl)cc3)n2)cc1. The van der Waals surface area contributed by atoms with Crippen molar-refractivity contribution >= 4 is 40.7 Å². The number of hydrogen-bond donors (Lipinski definition) is 2. The number of thioether (sulfide) groups is 1. The topological polar surface area (TPSA) is 97.0 Å². The van der Waals surface area contributed by atoms with Crippen molar-refractivity contribution in [2.24, 2.45) is 0 Å². The van der Waals surface area contributed by atoms with E-state index in [9.17, 15) is 9.59 Å². The number of Topliss-reactive ketones (excluding diaryl/α,β-unsaturated/α-hetero) is 1. The summed E-state index contributed by atoms with van der Waals surface area (Å²) in [4.78, 5) is 27.6. The summed E-state index contributed by atoms with van der Waals surface area (Å²) < 4.78 is 5.60. The average Bonchev–Trinajstić information content (AvgIpc) is 3.14. The second-order valence-corrected chi connectivity index (χ2v) is 7.16. The molecule has 0 aliphatic heterocycles. The van der Waals surface area contributed by atoms with Crippen LogP contribution in [0.4, 0.5) is 5.69 Å². The fourth-order valence-corrected chi connectivity index (χ4v) is 3.08. The van der Waals surface area contributed by atoms with Crippen molar-refractivity contribution in [2.45, 2.75) is 18.7 Å². The van der Waals surface area contributed by atoms with Gasteiger partial charge in [0.05, 0.1) is 5.75 Å². The van der Waals surface area contributed by atoms with Gasteiger partial charge >= 0.3 is 0 Å². The van der Waals surface area contributed by atoms with E-state index in [-0.39, 0.29) is 24.1 Å². The number of halogens is 1. The molecule has 0 aliphatic rings. The Hall–Kier alpha value is -2.84. The average molecular weight is 417 g/mol. The van der Waals surface area contributed by atoms with Crippen molar-refractivity contribution < 1.29 is 14.3 Å². The molecule has 0 radical (unpaired) electrons. The highest BCUT2D eigenvalue weighted by atomic mass is 35.5. The van der Waals surface area contributed by atoms with E-state index in [4.69, 9.17) is 16.3 Å². The van der Waals surface area contributed by atoms with Gasteiger partial charge in [-0.2, -0.15) is 0 Å². The van der Waals surface area contributed by atoms with Crippen LogP contribution in [0.15, 0.2) is 53.7 Å². The molecule has 2 aromatic carbocycles. The number of H-pyrrole nitrogens is 1. The molecule has 1 heterocycles. The highest BCUT2D eigenvalue weighted by molar-refractivity contribution is 7.99. The Kier molecular flexibility index (Phi) is 6.67. The molecule has 0 saturated heterocycles. The van der Waals surface area contributed by atoms with Crippen LogP contribution >= 0.6 is 23.4 Å². The lowest BCUT2D eigenvalue weighted by atomic mass is 10.1. The highest BCUT2D eigenvalue weighted by Crippen LogP contribution is 2.18. The van der Waals surface area contributed by atoms with Crippen LogP contribution in [0.1, 0.15) is 23.1 Å². The Morgan fingerprint density at radius 2 is 1.86 bits per heavy atom. The van der Waals surface area contributed by atoms with Crippen LogP contribution in [0, 0.1) is 0 Å². The second-order valence-electron chi connectivity index (χ2n) is 5.78. The highest BCUT2D eigenvalue weighted by Gasteiger charge is 2.10. The third-order valence-corrected chi connectivity index (χ3v) is 4.66. The first-order valence-electron chi connectivity index (χ1n) is 8.33. The number of aromatic amines is 1. The van der Waals surface area contributed by atoms with Crippen LogP contribution in [0.2, 0.25) is 5.02 Å². The first-order chi connectivity index (χ1) is 13.5. The predicted octanol–water partition coefficient (Wildman–Crippen LogP) is 3.97. The van der Waals surface area contributed by atoms with E-state index >= 15 is 0 Å². The molecule has 2 N–H and O–H groups in total. The van der Waals surface area contributed by atoms with Gasteiger partial charge < -0.3 is 10.1 Å². The Labute approximate surface area is 170 Å². The number of anilines is 1. The van der Waals surface area contributed by atoms with Gasteiger partial charge in [0.25, 0.3) is 0 Å². The molecule has 0 fully saturated rings. The zero-order valence-electron chi connectivity index (χ0n) is 14.9. The van der Waals surface area contributed by atoms with Crippen LogP contribution in [0.3, 0.4) is 0 Å². The number of ketones is 1. The van der Waals surface area contributed by atoms with Crippen molar-refractivity contribution in [1.82, 2.24) is 15.2 Å². The van der Waals surface area contributed by atoms with Crippen molar-refractivity contribution in [3.63, 3.8) is 0 Å². The number of nitrogens with zero attached hydrogens (tertiary/aromatic N) is 2. The van der Waals surface area contributed by atoms with Gasteiger partial charge in [-0.1, -0.05) is 23.4 Å². The number of benzene rings is 2. The molecular weight excluding hydrogens is 400 g/mol. The molecule has 0 atom stereocenters. The molecule has 144 valence electrons. The monoisotopic (exact) mass is 416 g/mol. The van der Waals surface area contributed by atoms with Gasteiger partial charge in [0.2, 0.25) is 11.1 Å². The van der Waals surface area contributed by atoms with E-state index in [1.807, 2.05) is 0 Å². The summed E-state index contributed by atoms with van der Waals surface area (Å²) in [6, 6.07) is 13.8. The molecule has 3 rings (SSSR count). The molecule has 0 spiro atoms. The summed E-state index contributed by atoms with van der Waals surface area (Å²) >= 11 is 7.07. The quantitative estimate of drug-likeness (QED) is 0.426. The molecule has 1 amide bonds. The zero-order chi connectivity index (χ0) is 19.9. The summed E-state index contributed by atoms with van der Waals surface area (Å²) in [5, 5.41) is 10.6. The Morgan fingerprint density at radius 1 is 1.14 bits per heavy atom. The summed E-state index contributed by atoms with van der Waals surface area (Å²) in [6.07, 6.45) is 0. The van der Waals surface area contributed by atoms with Crippen LogP contribution in [-0.2, 0) is 11.4 Å². The van der Waals surface area contributed by atoms with Crippen molar-refractivity contribution in [3.05, 3.63) is 64.9 Å². The lowest BCUT2D eigenvalue weighted by Gasteiger charge is -2.03. The van der Waals surface area contributed by atoms with Crippen molar-refractivity contribution in [1.29, 1.82) is 0 Å². The standard InChI is InChI=1S/C19H17ClN4O3S/c1-12(25)21-15-6-2-13(3-7-15)17(26)11-28-19-22-18(23-24-19)10-27-16-8-4-14(20)5-9-16/h2-9H,10-11H2,1H3,(H,21,25)(H,22,23,24). The van der Waals surface area contributed by atoms with E-state index < -0.39 is 0 Å². The lowest BCUT2D eigenvalue weighted by Crippen LogP contribution is -2.07. The number of amides is 1. The van der Waals surface area contributed by atoms with Gasteiger partial charge in [0.15, 0.2) is 11.6 Å². The van der Waals surface area contributed by atoms with Crippen LogP contribution in [0.5, 0.6) is 5.75 Å². The third-order valence-electron chi connectivity index (χ3n) is 3.56. The largest absolute Gasteiger partial charge is 0.486 e. The van der Waals surface area contributed by atoms with Crippen molar-refractivity contribution in [2.75, 3.05) is 11.1 Å². The molecule has 9 heteroatoms. The number of hydrogen-bond acceptors (Lipinski definition) is 6. The maximum absolute atomic E-state index is 12.3. The smallest absolute Gasteiger partial charge is 0.221 e. The number of ether oxygens (including phenoxy) is 1. The predicted molar refractivity (Wildman–Crippen MR) is 108 cm³/mol. The molecule has 0 aliphatic carbocycles. The first kappa shape index (κ1) is 19.9. The van der Waals surface area contributed by atoms with Gasteiger partial charge in [0.1, 0.15) is 12.4 Å². The molecule has 3 aromatic rings. The number of aromatic nitrogens is 3. The second kappa shape index (κ2) is 9.38. The minimum absolute atomic E-state index is 0.0526. The van der Waals surface area contributed by atoms with E-state index in [0.29, 0.717) is 33.0 Å². The van der Waals surface area contributed by atoms with Crippen molar-refractivity contribution in [3.8, 4) is 5.75 Å². The van der Waals surface area contributed by atoms with Crippen LogP contribution in [-0.4, -0.2) is 32.6 Å². The van der Waals surface area contributed by atoms with Gasteiger partial charge in [-0.3, -0.25) is 14.7 Å². The molecule has 0 saturated carbocycles. The van der Waals surface area contributed by atoms with Gasteiger partial charge in [-0.05, 0) is 48.5 Å². The summed E-state index contributed by atoms with van der Waals surface area (Å²) in [7, 11) is 0. The number of carbonyl (C=O) groups is 2. The normalized spacial score (nSPS) is 10.5. The van der Waals surface area contributed by atoms with Gasteiger partial charge in [-0.15, -0.1) is 5.10 Å². The summed E-state index contributed by atoms with van der Waals surface area (Å²) in [5.41, 5.74) is 1.21. The van der Waals surface area contributed by atoms with Gasteiger partial charge in [-0.25, -0.2) is 4.98 Å². The first-order valence-corrected chi connectivity index (χ1v) is 9.69. The third kappa shape index (κ3) is 5.83. The molecule has 28 heavy (non-hydrogen) atoms. The maximum Gasteiger partial charge on any atom is 0.221 e. The van der Waals surface area contributed by atoms with E-state index in [1.165, 1.54) is 18.7 Å². The summed E-state index contributed by atoms with van der Waals surface area (Å²) in [5.74, 6) is 1.23. The zero-order valence-corrected chi connectivity index (χ0v) is 16.5. The minimum atomic E-state index is -0.157. The number of nitrogens with one attached hydrogen (secondary N) is 2. The summed E-state index contributed by atoms with van der Waals surface area (Å²) in [6.45, 7) is 1.66. The number of carbonyl (C=O) groups excluding carboxylic acids is 2. The fraction of sp³-hybridized carbons (Fsp3) is 0.158. The molecule has 0 bridgehead atoms. The van der Waals surface area contributed by atoms with E-state index in [1.54, 1.807) is 48.5 Å². The molecule has 7 nitrogen and oxygen atoms in total. The van der Waals surface area contributed by atoms with E-state index in [2.05, 4.69) is 20.5 Å².